The first-order valence-corrected chi connectivity index (χ1v) is 6.92. The molecule has 0 atom stereocenters. The number of nitrogens with two attached hydrogens (primary N) is 1. The van der Waals surface area contributed by atoms with Crippen LogP contribution in [0.1, 0.15) is 58.8 Å². The van der Waals surface area contributed by atoms with Gasteiger partial charge in [-0.15, -0.1) is 0 Å². The first-order valence-electron chi connectivity index (χ1n) is 6.92. The molecule has 0 radical (unpaired) electrons. The maximum atomic E-state index is 5.77. The van der Waals surface area contributed by atoms with E-state index in [1.165, 1.54) is 38.5 Å². The molecule has 1 aliphatic carbocycles. The fourth-order valence-electron chi connectivity index (χ4n) is 2.36. The normalized spacial score (nSPS) is 18.9. The third-order valence-electron chi connectivity index (χ3n) is 3.77. The Balaban J connectivity index is 1.95. The van der Waals surface area contributed by atoms with Crippen molar-refractivity contribution in [2.45, 2.75) is 58.8 Å². The van der Waals surface area contributed by atoms with Crippen molar-refractivity contribution in [2.75, 3.05) is 19.8 Å². The minimum absolute atomic E-state index is 0.286. The highest BCUT2D eigenvalue weighted by atomic mass is 16.5. The van der Waals surface area contributed by atoms with Gasteiger partial charge in [0.25, 0.3) is 0 Å². The molecular weight excluding hydrogens is 198 g/mol. The van der Waals surface area contributed by atoms with Crippen molar-refractivity contribution in [3.05, 3.63) is 0 Å². The van der Waals surface area contributed by atoms with Gasteiger partial charge < -0.3 is 10.5 Å². The molecule has 0 bridgehead atoms. The number of hydrogen-bond donors (Lipinski definition) is 1. The third kappa shape index (κ3) is 5.86. The Kier molecular flexibility index (Phi) is 6.37. The minimum atomic E-state index is 0.286. The molecule has 0 aromatic carbocycles. The zero-order valence-electron chi connectivity index (χ0n) is 11.1. The molecule has 16 heavy (non-hydrogen) atoms. The predicted octanol–water partition coefficient (Wildman–Crippen LogP) is 3.35. The highest BCUT2D eigenvalue weighted by Gasteiger charge is 2.15. The van der Waals surface area contributed by atoms with Gasteiger partial charge in [-0.2, -0.15) is 0 Å². The van der Waals surface area contributed by atoms with E-state index in [9.17, 15) is 0 Å². The Morgan fingerprint density at radius 2 is 1.88 bits per heavy atom. The van der Waals surface area contributed by atoms with E-state index in [4.69, 9.17) is 10.5 Å². The average Bonchev–Trinajstić information content (AvgIpc) is 2.30. The molecule has 1 rings (SSSR count). The quantitative estimate of drug-likeness (QED) is 0.677. The molecule has 1 fully saturated rings. The van der Waals surface area contributed by atoms with Crippen LogP contribution in [0, 0.1) is 11.3 Å². The lowest BCUT2D eigenvalue weighted by Gasteiger charge is -2.23. The van der Waals surface area contributed by atoms with E-state index in [1.54, 1.807) is 0 Å². The molecule has 0 amide bonds. The van der Waals surface area contributed by atoms with Crippen LogP contribution in [0.4, 0.5) is 0 Å². The SMILES string of the molecule is CC(C)(CN)CCCOCC1CCCCC1. The fourth-order valence-corrected chi connectivity index (χ4v) is 2.36. The van der Waals surface area contributed by atoms with Gasteiger partial charge >= 0.3 is 0 Å². The average molecular weight is 227 g/mol. The second-order valence-electron chi connectivity index (χ2n) is 6.05. The van der Waals surface area contributed by atoms with E-state index >= 15 is 0 Å². The molecule has 0 heterocycles. The van der Waals surface area contributed by atoms with Crippen LogP contribution >= 0.6 is 0 Å². The first kappa shape index (κ1) is 14.0. The van der Waals surface area contributed by atoms with Gasteiger partial charge in [0.2, 0.25) is 0 Å². The van der Waals surface area contributed by atoms with Crippen molar-refractivity contribution in [3.63, 3.8) is 0 Å². The largest absolute Gasteiger partial charge is 0.381 e. The summed E-state index contributed by atoms with van der Waals surface area (Å²) in [5.41, 5.74) is 5.98. The summed E-state index contributed by atoms with van der Waals surface area (Å²) in [7, 11) is 0. The second kappa shape index (κ2) is 7.29. The predicted molar refractivity (Wildman–Crippen MR) is 69.5 cm³/mol. The molecular formula is C14H29NO. The van der Waals surface area contributed by atoms with E-state index < -0.39 is 0 Å². The Hall–Kier alpha value is -0.0800. The van der Waals surface area contributed by atoms with E-state index in [-0.39, 0.29) is 5.41 Å². The van der Waals surface area contributed by atoms with Gasteiger partial charge in [0, 0.05) is 13.2 Å². The molecule has 2 N–H and O–H groups in total. The molecule has 0 saturated heterocycles. The topological polar surface area (TPSA) is 35.2 Å². The maximum Gasteiger partial charge on any atom is 0.0494 e. The molecule has 1 aliphatic rings. The molecule has 2 heteroatoms. The molecule has 0 aromatic heterocycles. The fraction of sp³-hybridized carbons (Fsp3) is 1.00. The number of hydrogen-bond acceptors (Lipinski definition) is 2. The van der Waals surface area contributed by atoms with Gasteiger partial charge in [-0.25, -0.2) is 0 Å². The van der Waals surface area contributed by atoms with Gasteiger partial charge in [-0.3, -0.25) is 0 Å². The second-order valence-corrected chi connectivity index (χ2v) is 6.05. The van der Waals surface area contributed by atoms with E-state index in [1.807, 2.05) is 0 Å². The van der Waals surface area contributed by atoms with Crippen molar-refractivity contribution >= 4 is 0 Å². The zero-order chi connectivity index (χ0) is 11.9. The molecule has 2 nitrogen and oxygen atoms in total. The van der Waals surface area contributed by atoms with Crippen molar-refractivity contribution in [2.24, 2.45) is 17.1 Å². The van der Waals surface area contributed by atoms with Crippen LogP contribution < -0.4 is 5.73 Å². The summed E-state index contributed by atoms with van der Waals surface area (Å²) in [6, 6.07) is 0. The van der Waals surface area contributed by atoms with Gasteiger partial charge in [0.05, 0.1) is 0 Å². The van der Waals surface area contributed by atoms with Crippen molar-refractivity contribution in [1.82, 2.24) is 0 Å². The summed E-state index contributed by atoms with van der Waals surface area (Å²) in [4.78, 5) is 0. The summed E-state index contributed by atoms with van der Waals surface area (Å²) in [5, 5.41) is 0. The van der Waals surface area contributed by atoms with Crippen LogP contribution in [-0.2, 0) is 4.74 Å². The van der Waals surface area contributed by atoms with Crippen LogP contribution in [-0.4, -0.2) is 19.8 Å². The molecule has 0 spiro atoms. The zero-order valence-corrected chi connectivity index (χ0v) is 11.1. The van der Waals surface area contributed by atoms with Gasteiger partial charge in [0.15, 0.2) is 0 Å². The molecule has 1 saturated carbocycles. The van der Waals surface area contributed by atoms with Crippen LogP contribution in [0.15, 0.2) is 0 Å². The van der Waals surface area contributed by atoms with E-state index in [0.717, 1.165) is 32.1 Å². The van der Waals surface area contributed by atoms with Crippen LogP contribution in [0.3, 0.4) is 0 Å². The Morgan fingerprint density at radius 1 is 1.19 bits per heavy atom. The van der Waals surface area contributed by atoms with Crippen molar-refractivity contribution in [1.29, 1.82) is 0 Å². The lowest BCUT2D eigenvalue weighted by atomic mass is 9.88. The monoisotopic (exact) mass is 227 g/mol. The summed E-state index contributed by atoms with van der Waals surface area (Å²) >= 11 is 0. The van der Waals surface area contributed by atoms with Crippen LogP contribution in [0.25, 0.3) is 0 Å². The Labute approximate surface area is 101 Å². The Morgan fingerprint density at radius 3 is 2.50 bits per heavy atom. The highest BCUT2D eigenvalue weighted by molar-refractivity contribution is 4.69. The van der Waals surface area contributed by atoms with Crippen LogP contribution in [0.5, 0.6) is 0 Å². The third-order valence-corrected chi connectivity index (χ3v) is 3.77. The number of ether oxygens (including phenoxy) is 1. The van der Waals surface area contributed by atoms with E-state index in [0.29, 0.717) is 0 Å². The lowest BCUT2D eigenvalue weighted by Crippen LogP contribution is -2.24. The van der Waals surface area contributed by atoms with Gasteiger partial charge in [-0.05, 0) is 43.6 Å². The highest BCUT2D eigenvalue weighted by Crippen LogP contribution is 2.24. The molecule has 0 aromatic rings. The minimum Gasteiger partial charge on any atom is -0.381 e. The summed E-state index contributed by atoms with van der Waals surface area (Å²) in [6.45, 7) is 7.14. The van der Waals surface area contributed by atoms with Crippen molar-refractivity contribution in [3.8, 4) is 0 Å². The lowest BCUT2D eigenvalue weighted by molar-refractivity contribution is 0.0777. The van der Waals surface area contributed by atoms with Gasteiger partial charge in [0.1, 0.15) is 0 Å². The summed E-state index contributed by atoms with van der Waals surface area (Å²) < 4.78 is 5.77. The standard InChI is InChI=1S/C14H29NO/c1-14(2,12-15)9-6-10-16-11-13-7-4-3-5-8-13/h13H,3-12,15H2,1-2H3. The first-order chi connectivity index (χ1) is 7.64. The molecule has 0 aliphatic heterocycles. The Bertz CT molecular complexity index is 174. The smallest absolute Gasteiger partial charge is 0.0494 e. The van der Waals surface area contributed by atoms with Crippen LogP contribution in [0.2, 0.25) is 0 Å². The van der Waals surface area contributed by atoms with E-state index in [2.05, 4.69) is 13.8 Å². The summed E-state index contributed by atoms with van der Waals surface area (Å²) in [6.07, 6.45) is 9.34. The molecule has 96 valence electrons. The number of rotatable bonds is 7. The van der Waals surface area contributed by atoms with Crippen molar-refractivity contribution < 1.29 is 4.74 Å². The summed E-state index contributed by atoms with van der Waals surface area (Å²) in [5.74, 6) is 0.844. The molecule has 0 unspecified atom stereocenters. The van der Waals surface area contributed by atoms with Gasteiger partial charge in [-0.1, -0.05) is 33.1 Å². The maximum absolute atomic E-state index is 5.77.